The lowest BCUT2D eigenvalue weighted by Crippen LogP contribution is -2.34. The van der Waals surface area contributed by atoms with E-state index in [1.807, 2.05) is 24.3 Å². The molecule has 0 aromatic heterocycles. The minimum absolute atomic E-state index is 0.0392. The van der Waals surface area contributed by atoms with Crippen molar-refractivity contribution < 1.29 is 9.59 Å². The first kappa shape index (κ1) is 13.3. The second-order valence-electron chi connectivity index (χ2n) is 4.48. The predicted octanol–water partition coefficient (Wildman–Crippen LogP) is 2.95. The quantitative estimate of drug-likeness (QED) is 0.776. The molecule has 1 aliphatic rings. The zero-order chi connectivity index (χ0) is 13.7. The Hall–Kier alpha value is -2.16. The second-order valence-corrected chi connectivity index (χ2v) is 4.48. The number of rotatable bonds is 4. The molecule has 1 aromatic rings. The number of hydrogen-bond acceptors (Lipinski definition) is 2. The van der Waals surface area contributed by atoms with Crippen LogP contribution in [0.15, 0.2) is 54.8 Å². The normalized spacial score (nSPS) is 14.7. The van der Waals surface area contributed by atoms with Gasteiger partial charge < -0.3 is 4.90 Å². The Morgan fingerprint density at radius 3 is 2.68 bits per heavy atom. The van der Waals surface area contributed by atoms with Crippen molar-refractivity contribution in [2.75, 3.05) is 6.54 Å². The number of hydrogen-bond donors (Lipinski definition) is 0. The summed E-state index contributed by atoms with van der Waals surface area (Å²) in [6.07, 6.45) is 5.72. The smallest absolute Gasteiger partial charge is 0.258 e. The molecule has 0 fully saturated rings. The fourth-order valence-corrected chi connectivity index (χ4v) is 2.16. The molecule has 1 aliphatic carbocycles. The van der Waals surface area contributed by atoms with E-state index in [4.69, 9.17) is 0 Å². The summed E-state index contributed by atoms with van der Waals surface area (Å²) in [7, 11) is 0. The van der Waals surface area contributed by atoms with Gasteiger partial charge in [-0.2, -0.15) is 0 Å². The van der Waals surface area contributed by atoms with Gasteiger partial charge in [-0.3, -0.25) is 9.59 Å². The second kappa shape index (κ2) is 6.14. The van der Waals surface area contributed by atoms with Crippen molar-refractivity contribution in [2.24, 2.45) is 0 Å². The van der Waals surface area contributed by atoms with E-state index in [2.05, 4.69) is 6.58 Å². The van der Waals surface area contributed by atoms with E-state index < -0.39 is 0 Å². The van der Waals surface area contributed by atoms with Crippen molar-refractivity contribution >= 4 is 11.7 Å². The van der Waals surface area contributed by atoms with Gasteiger partial charge in [0.15, 0.2) is 5.78 Å². The number of carbonyl (C=O) groups is 2. The lowest BCUT2D eigenvalue weighted by Gasteiger charge is -2.25. The Morgan fingerprint density at radius 1 is 1.32 bits per heavy atom. The van der Waals surface area contributed by atoms with Crippen LogP contribution in [0.25, 0.3) is 0 Å². The maximum absolute atomic E-state index is 12.5. The molecule has 0 saturated heterocycles. The Labute approximate surface area is 113 Å². The molecule has 0 unspecified atom stereocenters. The highest BCUT2D eigenvalue weighted by molar-refractivity contribution is 6.04. The lowest BCUT2D eigenvalue weighted by atomic mass is 10.0. The summed E-state index contributed by atoms with van der Waals surface area (Å²) in [4.78, 5) is 25.9. The van der Waals surface area contributed by atoms with E-state index in [0.29, 0.717) is 24.2 Å². The molecule has 0 radical (unpaired) electrons. The van der Waals surface area contributed by atoms with Crippen LogP contribution in [-0.4, -0.2) is 23.1 Å². The summed E-state index contributed by atoms with van der Waals surface area (Å²) in [5, 5.41) is 0. The summed E-state index contributed by atoms with van der Waals surface area (Å²) in [5.74, 6) is -0.112. The van der Waals surface area contributed by atoms with Crippen molar-refractivity contribution in [3.63, 3.8) is 0 Å². The predicted molar refractivity (Wildman–Crippen MR) is 74.6 cm³/mol. The molecule has 19 heavy (non-hydrogen) atoms. The van der Waals surface area contributed by atoms with Crippen molar-refractivity contribution in [3.8, 4) is 0 Å². The third-order valence-electron chi connectivity index (χ3n) is 3.10. The number of benzene rings is 1. The summed E-state index contributed by atoms with van der Waals surface area (Å²) < 4.78 is 0. The van der Waals surface area contributed by atoms with Gasteiger partial charge in [-0.25, -0.2) is 0 Å². The highest BCUT2D eigenvalue weighted by Gasteiger charge is 2.24. The minimum Gasteiger partial charge on any atom is -0.301 e. The molecule has 1 amide bonds. The molecular weight excluding hydrogens is 238 g/mol. The Kier molecular flexibility index (Phi) is 4.29. The lowest BCUT2D eigenvalue weighted by molar-refractivity contribution is -0.117. The number of allylic oxidation sites excluding steroid dienone is 2. The molecule has 0 atom stereocenters. The van der Waals surface area contributed by atoms with Gasteiger partial charge in [0, 0.05) is 18.5 Å². The first-order valence-electron chi connectivity index (χ1n) is 6.45. The maximum atomic E-state index is 12.5. The van der Waals surface area contributed by atoms with Crippen LogP contribution in [0.4, 0.5) is 0 Å². The van der Waals surface area contributed by atoms with Crippen molar-refractivity contribution in [2.45, 2.75) is 19.3 Å². The van der Waals surface area contributed by atoms with Gasteiger partial charge in [-0.15, -0.1) is 6.58 Å². The Morgan fingerprint density at radius 2 is 2.05 bits per heavy atom. The van der Waals surface area contributed by atoms with Gasteiger partial charge in [-0.05, 0) is 25.0 Å². The number of ketones is 1. The van der Waals surface area contributed by atoms with E-state index in [0.717, 1.165) is 12.8 Å². The minimum atomic E-state index is -0.151. The average Bonchev–Trinajstić information content (AvgIpc) is 2.46. The van der Waals surface area contributed by atoms with Gasteiger partial charge in [0.25, 0.3) is 5.91 Å². The zero-order valence-corrected chi connectivity index (χ0v) is 10.8. The summed E-state index contributed by atoms with van der Waals surface area (Å²) in [6, 6.07) is 9.00. The molecule has 98 valence electrons. The summed E-state index contributed by atoms with van der Waals surface area (Å²) >= 11 is 0. The molecule has 1 aromatic carbocycles. The highest BCUT2D eigenvalue weighted by atomic mass is 16.2. The van der Waals surface area contributed by atoms with Crippen LogP contribution >= 0.6 is 0 Å². The standard InChI is InChI=1S/C16H17NO2/c1-2-12-17(14-10-6-7-11-15(14)18)16(19)13-8-4-3-5-9-13/h2-5,8-10H,1,6-7,11-12H2. The molecule has 0 heterocycles. The third kappa shape index (κ3) is 2.99. The molecule has 3 heteroatoms. The van der Waals surface area contributed by atoms with Crippen molar-refractivity contribution in [1.82, 2.24) is 4.90 Å². The van der Waals surface area contributed by atoms with Gasteiger partial charge in [0.05, 0.1) is 5.70 Å². The molecule has 2 rings (SSSR count). The third-order valence-corrected chi connectivity index (χ3v) is 3.10. The number of amides is 1. The molecular formula is C16H17NO2. The van der Waals surface area contributed by atoms with E-state index in [1.165, 1.54) is 4.90 Å². The number of Topliss-reactive ketones (excluding diaryl/α,β-unsaturated/α-hetero) is 1. The van der Waals surface area contributed by atoms with E-state index in [9.17, 15) is 9.59 Å². The molecule has 0 saturated carbocycles. The first-order chi connectivity index (χ1) is 9.24. The first-order valence-corrected chi connectivity index (χ1v) is 6.45. The van der Waals surface area contributed by atoms with Gasteiger partial charge >= 0.3 is 0 Å². The van der Waals surface area contributed by atoms with Gasteiger partial charge in [0.2, 0.25) is 0 Å². The van der Waals surface area contributed by atoms with Crippen LogP contribution in [0.3, 0.4) is 0 Å². The SMILES string of the molecule is C=CCN(C(=O)c1ccccc1)C1=CCCCC1=O. The Bertz CT molecular complexity index is 517. The largest absolute Gasteiger partial charge is 0.301 e. The average molecular weight is 255 g/mol. The van der Waals surface area contributed by atoms with E-state index >= 15 is 0 Å². The number of carbonyl (C=O) groups excluding carboxylic acids is 2. The van der Waals surface area contributed by atoms with Crippen LogP contribution in [-0.2, 0) is 4.79 Å². The van der Waals surface area contributed by atoms with E-state index in [-0.39, 0.29) is 11.7 Å². The van der Waals surface area contributed by atoms with E-state index in [1.54, 1.807) is 18.2 Å². The summed E-state index contributed by atoms with van der Waals surface area (Å²) in [6.45, 7) is 4.02. The van der Waals surface area contributed by atoms with Crippen molar-refractivity contribution in [3.05, 3.63) is 60.3 Å². The fourth-order valence-electron chi connectivity index (χ4n) is 2.16. The van der Waals surface area contributed by atoms with Crippen LogP contribution in [0, 0.1) is 0 Å². The molecule has 3 nitrogen and oxygen atoms in total. The highest BCUT2D eigenvalue weighted by Crippen LogP contribution is 2.20. The maximum Gasteiger partial charge on any atom is 0.258 e. The molecule has 0 N–H and O–H groups in total. The summed E-state index contributed by atoms with van der Waals surface area (Å²) in [5.41, 5.74) is 1.10. The molecule has 0 aliphatic heterocycles. The number of nitrogens with zero attached hydrogens (tertiary/aromatic N) is 1. The monoisotopic (exact) mass is 255 g/mol. The van der Waals surface area contributed by atoms with Crippen LogP contribution in [0.2, 0.25) is 0 Å². The van der Waals surface area contributed by atoms with Crippen LogP contribution in [0.1, 0.15) is 29.6 Å². The van der Waals surface area contributed by atoms with Crippen LogP contribution in [0.5, 0.6) is 0 Å². The fraction of sp³-hybridized carbons (Fsp3) is 0.250. The topological polar surface area (TPSA) is 37.4 Å². The molecule has 0 spiro atoms. The van der Waals surface area contributed by atoms with Gasteiger partial charge in [0.1, 0.15) is 0 Å². The van der Waals surface area contributed by atoms with Gasteiger partial charge in [-0.1, -0.05) is 30.4 Å². The Balaban J connectivity index is 2.30. The zero-order valence-electron chi connectivity index (χ0n) is 10.8. The molecule has 0 bridgehead atoms. The van der Waals surface area contributed by atoms with Crippen molar-refractivity contribution in [1.29, 1.82) is 0 Å². The van der Waals surface area contributed by atoms with Crippen LogP contribution < -0.4 is 0 Å².